The van der Waals surface area contributed by atoms with Crippen molar-refractivity contribution in [1.29, 1.82) is 0 Å². The Hall–Kier alpha value is -2.12. The topological polar surface area (TPSA) is 100 Å². The summed E-state index contributed by atoms with van der Waals surface area (Å²) in [5.41, 5.74) is -0.844. The number of amides is 2. The largest absolute Gasteiger partial charge is 0.481 e. The van der Waals surface area contributed by atoms with Gasteiger partial charge in [-0.05, 0) is 32.6 Å². The highest BCUT2D eigenvalue weighted by Crippen LogP contribution is 2.34. The Labute approximate surface area is 123 Å². The summed E-state index contributed by atoms with van der Waals surface area (Å²) in [5, 5.41) is 15.9. The molecule has 1 saturated heterocycles. The highest BCUT2D eigenvalue weighted by atomic mass is 16.4. The predicted octanol–water partition coefficient (Wildman–Crippen LogP) is 1.17. The van der Waals surface area contributed by atoms with Crippen molar-refractivity contribution in [1.82, 2.24) is 19.7 Å². The molecular weight excluding hydrogens is 274 g/mol. The lowest BCUT2D eigenvalue weighted by Gasteiger charge is -2.39. The van der Waals surface area contributed by atoms with Crippen molar-refractivity contribution >= 4 is 17.9 Å². The van der Waals surface area contributed by atoms with E-state index in [-0.39, 0.29) is 11.9 Å². The SMILES string of the molecule is Cn1ncnc1NC(=O)N1CCCC(C(C)(C)C(=O)O)C1. The second-order valence-corrected chi connectivity index (χ2v) is 5.95. The van der Waals surface area contributed by atoms with Crippen LogP contribution in [0.2, 0.25) is 0 Å². The lowest BCUT2D eigenvalue weighted by Crippen LogP contribution is -2.48. The predicted molar refractivity (Wildman–Crippen MR) is 75.7 cm³/mol. The molecule has 2 amide bonds. The van der Waals surface area contributed by atoms with E-state index in [0.717, 1.165) is 12.8 Å². The standard InChI is InChI=1S/C13H21N5O3/c1-13(2,10(19)20)9-5-4-6-18(7-9)12(21)16-11-14-8-15-17(11)3/h8-9H,4-7H2,1-3H3,(H,19,20)(H,14,15,16,21). The van der Waals surface area contributed by atoms with Gasteiger partial charge in [0, 0.05) is 20.1 Å². The number of carbonyl (C=O) groups excluding carboxylic acids is 1. The molecule has 2 rings (SSSR count). The first kappa shape index (κ1) is 15.3. The summed E-state index contributed by atoms with van der Waals surface area (Å²) in [6, 6.07) is -0.267. The lowest BCUT2D eigenvalue weighted by atomic mass is 9.74. The Morgan fingerprint density at radius 2 is 2.19 bits per heavy atom. The fourth-order valence-electron chi connectivity index (χ4n) is 2.51. The molecule has 116 valence electrons. The van der Waals surface area contributed by atoms with Gasteiger partial charge in [0.15, 0.2) is 0 Å². The zero-order valence-electron chi connectivity index (χ0n) is 12.5. The number of hydrogen-bond acceptors (Lipinski definition) is 4. The van der Waals surface area contributed by atoms with Gasteiger partial charge in [-0.15, -0.1) is 0 Å². The second-order valence-electron chi connectivity index (χ2n) is 5.95. The van der Waals surface area contributed by atoms with Crippen molar-refractivity contribution in [2.45, 2.75) is 26.7 Å². The Morgan fingerprint density at radius 1 is 1.48 bits per heavy atom. The van der Waals surface area contributed by atoms with Gasteiger partial charge in [0.1, 0.15) is 6.33 Å². The molecule has 1 atom stereocenters. The summed E-state index contributed by atoms with van der Waals surface area (Å²) in [6.45, 7) is 4.48. The molecule has 8 heteroatoms. The molecule has 0 radical (unpaired) electrons. The first-order valence-electron chi connectivity index (χ1n) is 6.95. The lowest BCUT2D eigenvalue weighted by molar-refractivity contribution is -0.151. The number of nitrogens with one attached hydrogen (secondary N) is 1. The van der Waals surface area contributed by atoms with Crippen LogP contribution in [-0.2, 0) is 11.8 Å². The molecule has 21 heavy (non-hydrogen) atoms. The van der Waals surface area contributed by atoms with Gasteiger partial charge in [-0.1, -0.05) is 0 Å². The van der Waals surface area contributed by atoms with E-state index in [1.807, 2.05) is 0 Å². The maximum atomic E-state index is 12.2. The van der Waals surface area contributed by atoms with Crippen molar-refractivity contribution < 1.29 is 14.7 Å². The smallest absolute Gasteiger partial charge is 0.324 e. The molecule has 1 aliphatic heterocycles. The maximum absolute atomic E-state index is 12.2. The third kappa shape index (κ3) is 3.14. The number of aryl methyl sites for hydroxylation is 1. The molecule has 0 aromatic carbocycles. The average molecular weight is 295 g/mol. The van der Waals surface area contributed by atoms with Crippen LogP contribution in [0.3, 0.4) is 0 Å². The van der Waals surface area contributed by atoms with Crippen LogP contribution in [0, 0.1) is 11.3 Å². The van der Waals surface area contributed by atoms with Gasteiger partial charge in [0.2, 0.25) is 5.95 Å². The molecular formula is C13H21N5O3. The normalized spacial score (nSPS) is 19.4. The molecule has 0 aliphatic carbocycles. The van der Waals surface area contributed by atoms with E-state index in [9.17, 15) is 14.7 Å². The van der Waals surface area contributed by atoms with Gasteiger partial charge < -0.3 is 10.0 Å². The maximum Gasteiger partial charge on any atom is 0.324 e. The number of anilines is 1. The fraction of sp³-hybridized carbons (Fsp3) is 0.692. The zero-order chi connectivity index (χ0) is 15.6. The molecule has 1 fully saturated rings. The first-order chi connectivity index (χ1) is 9.82. The van der Waals surface area contributed by atoms with E-state index in [1.54, 1.807) is 25.8 Å². The number of hydrogen-bond donors (Lipinski definition) is 2. The first-order valence-corrected chi connectivity index (χ1v) is 6.95. The Bertz CT molecular complexity index is 540. The van der Waals surface area contributed by atoms with Crippen LogP contribution in [0.25, 0.3) is 0 Å². The quantitative estimate of drug-likeness (QED) is 0.871. The number of rotatable bonds is 3. The Kier molecular flexibility index (Phi) is 4.15. The van der Waals surface area contributed by atoms with Crippen LogP contribution in [0.4, 0.5) is 10.7 Å². The minimum Gasteiger partial charge on any atom is -0.481 e. The molecule has 8 nitrogen and oxygen atoms in total. The van der Waals surface area contributed by atoms with E-state index in [1.165, 1.54) is 11.0 Å². The molecule has 1 unspecified atom stereocenters. The van der Waals surface area contributed by atoms with Crippen molar-refractivity contribution in [3.05, 3.63) is 6.33 Å². The van der Waals surface area contributed by atoms with Gasteiger partial charge >= 0.3 is 12.0 Å². The van der Waals surface area contributed by atoms with Crippen LogP contribution >= 0.6 is 0 Å². The summed E-state index contributed by atoms with van der Waals surface area (Å²) in [7, 11) is 1.69. The molecule has 2 heterocycles. The van der Waals surface area contributed by atoms with Crippen molar-refractivity contribution in [2.75, 3.05) is 18.4 Å². The molecule has 1 aromatic heterocycles. The number of piperidine rings is 1. The molecule has 1 aromatic rings. The van der Waals surface area contributed by atoms with Crippen LogP contribution in [-0.4, -0.2) is 49.9 Å². The number of aromatic nitrogens is 3. The van der Waals surface area contributed by atoms with Gasteiger partial charge in [-0.3, -0.25) is 10.1 Å². The van der Waals surface area contributed by atoms with E-state index in [2.05, 4.69) is 15.4 Å². The summed E-state index contributed by atoms with van der Waals surface area (Å²) in [6.07, 6.45) is 2.98. The van der Waals surface area contributed by atoms with Gasteiger partial charge in [0.05, 0.1) is 5.41 Å². The molecule has 0 saturated carbocycles. The van der Waals surface area contributed by atoms with Crippen LogP contribution < -0.4 is 5.32 Å². The highest BCUT2D eigenvalue weighted by Gasteiger charge is 2.40. The third-order valence-corrected chi connectivity index (χ3v) is 4.21. The highest BCUT2D eigenvalue weighted by molar-refractivity contribution is 5.87. The van der Waals surface area contributed by atoms with Crippen LogP contribution in [0.1, 0.15) is 26.7 Å². The summed E-state index contributed by atoms with van der Waals surface area (Å²) >= 11 is 0. The van der Waals surface area contributed by atoms with Crippen molar-refractivity contribution in [3.63, 3.8) is 0 Å². The zero-order valence-corrected chi connectivity index (χ0v) is 12.5. The number of carbonyl (C=O) groups is 2. The summed E-state index contributed by atoms with van der Waals surface area (Å²) in [4.78, 5) is 29.2. The number of carboxylic acids is 1. The summed E-state index contributed by atoms with van der Waals surface area (Å²) in [5.74, 6) is -0.517. The fourth-order valence-corrected chi connectivity index (χ4v) is 2.51. The monoisotopic (exact) mass is 295 g/mol. The second kappa shape index (κ2) is 5.71. The van der Waals surface area contributed by atoms with Gasteiger partial charge in [-0.2, -0.15) is 10.1 Å². The average Bonchev–Trinajstić information content (AvgIpc) is 2.84. The molecule has 1 aliphatic rings. The Morgan fingerprint density at radius 3 is 2.76 bits per heavy atom. The molecule has 0 spiro atoms. The van der Waals surface area contributed by atoms with Crippen LogP contribution in [0.5, 0.6) is 0 Å². The Balaban J connectivity index is 2.02. The number of nitrogens with zero attached hydrogens (tertiary/aromatic N) is 4. The molecule has 2 N–H and O–H groups in total. The van der Waals surface area contributed by atoms with E-state index in [4.69, 9.17) is 0 Å². The summed E-state index contributed by atoms with van der Waals surface area (Å²) < 4.78 is 1.47. The number of carboxylic acid groups (broad SMARTS) is 1. The third-order valence-electron chi connectivity index (χ3n) is 4.21. The number of likely N-dealkylation sites (tertiary alicyclic amines) is 1. The van der Waals surface area contributed by atoms with Crippen molar-refractivity contribution in [3.8, 4) is 0 Å². The van der Waals surface area contributed by atoms with E-state index in [0.29, 0.717) is 19.0 Å². The van der Waals surface area contributed by atoms with Gasteiger partial charge in [-0.25, -0.2) is 9.48 Å². The number of urea groups is 1. The van der Waals surface area contributed by atoms with Gasteiger partial charge in [0.25, 0.3) is 0 Å². The minimum absolute atomic E-state index is 0.0611. The number of aliphatic carboxylic acids is 1. The van der Waals surface area contributed by atoms with E-state index >= 15 is 0 Å². The van der Waals surface area contributed by atoms with Crippen LogP contribution in [0.15, 0.2) is 6.33 Å². The van der Waals surface area contributed by atoms with E-state index < -0.39 is 11.4 Å². The minimum atomic E-state index is -0.844. The van der Waals surface area contributed by atoms with Crippen molar-refractivity contribution in [2.24, 2.45) is 18.4 Å². The molecule has 0 bridgehead atoms.